The van der Waals surface area contributed by atoms with Crippen LogP contribution in [0.4, 0.5) is 5.82 Å². The molecule has 0 bridgehead atoms. The summed E-state index contributed by atoms with van der Waals surface area (Å²) in [5.74, 6) is 1.60. The molecule has 0 fully saturated rings. The molecular weight excluding hydrogens is 246 g/mol. The molecule has 19 heavy (non-hydrogen) atoms. The Kier molecular flexibility index (Phi) is 4.27. The minimum atomic E-state index is -0.123. The van der Waals surface area contributed by atoms with Crippen LogP contribution in [0, 0.1) is 6.92 Å². The summed E-state index contributed by atoms with van der Waals surface area (Å²) in [6.07, 6.45) is 2.49. The van der Waals surface area contributed by atoms with E-state index in [0.29, 0.717) is 30.4 Å². The number of carbonyl (C=O) groups is 1. The van der Waals surface area contributed by atoms with E-state index < -0.39 is 0 Å². The molecule has 0 atom stereocenters. The Morgan fingerprint density at radius 3 is 3.00 bits per heavy atom. The van der Waals surface area contributed by atoms with E-state index >= 15 is 0 Å². The number of nitrogens with zero attached hydrogens (tertiary/aromatic N) is 3. The molecule has 7 heteroatoms. The van der Waals surface area contributed by atoms with Crippen LogP contribution in [-0.2, 0) is 17.6 Å². The van der Waals surface area contributed by atoms with Crippen LogP contribution in [0.3, 0.4) is 0 Å². The molecule has 0 saturated carbocycles. The van der Waals surface area contributed by atoms with Crippen LogP contribution in [0.25, 0.3) is 0 Å². The maximum atomic E-state index is 11.7. The summed E-state index contributed by atoms with van der Waals surface area (Å²) in [6, 6.07) is 1.77. The van der Waals surface area contributed by atoms with Gasteiger partial charge in [0.1, 0.15) is 0 Å². The zero-order chi connectivity index (χ0) is 13.7. The van der Waals surface area contributed by atoms with E-state index in [-0.39, 0.29) is 5.91 Å². The monoisotopic (exact) mass is 263 g/mol. The maximum Gasteiger partial charge on any atom is 0.227 e. The largest absolute Gasteiger partial charge is 0.339 e. The molecule has 0 unspecified atom stereocenters. The second kappa shape index (κ2) is 6.12. The summed E-state index contributed by atoms with van der Waals surface area (Å²) >= 11 is 0. The first-order valence-corrected chi connectivity index (χ1v) is 6.30. The van der Waals surface area contributed by atoms with Crippen LogP contribution < -0.4 is 5.32 Å². The molecule has 2 heterocycles. The maximum absolute atomic E-state index is 11.7. The van der Waals surface area contributed by atoms with Gasteiger partial charge in [0.15, 0.2) is 11.6 Å². The van der Waals surface area contributed by atoms with Crippen molar-refractivity contribution in [2.45, 2.75) is 39.5 Å². The number of aromatic nitrogens is 4. The Bertz CT molecular complexity index is 546. The van der Waals surface area contributed by atoms with Crippen molar-refractivity contribution in [2.75, 3.05) is 5.32 Å². The normalized spacial score (nSPS) is 10.6. The SMILES string of the molecule is CCCc1noc(CCC(=O)Nc2cc(C)[nH]n2)n1. The average molecular weight is 263 g/mol. The first-order valence-electron chi connectivity index (χ1n) is 6.30. The highest BCUT2D eigenvalue weighted by Gasteiger charge is 2.09. The van der Waals surface area contributed by atoms with Crippen molar-refractivity contribution in [3.05, 3.63) is 23.5 Å². The predicted molar refractivity (Wildman–Crippen MR) is 68.6 cm³/mol. The van der Waals surface area contributed by atoms with E-state index in [9.17, 15) is 4.79 Å². The zero-order valence-corrected chi connectivity index (χ0v) is 11.1. The van der Waals surface area contributed by atoms with Crippen LogP contribution in [0.5, 0.6) is 0 Å². The number of aryl methyl sites for hydroxylation is 3. The van der Waals surface area contributed by atoms with E-state index in [1.165, 1.54) is 0 Å². The predicted octanol–water partition coefficient (Wildman–Crippen LogP) is 1.62. The Morgan fingerprint density at radius 1 is 1.47 bits per heavy atom. The lowest BCUT2D eigenvalue weighted by Crippen LogP contribution is -2.12. The molecule has 2 aromatic heterocycles. The van der Waals surface area contributed by atoms with Crippen LogP contribution >= 0.6 is 0 Å². The van der Waals surface area contributed by atoms with Gasteiger partial charge in [-0.05, 0) is 13.3 Å². The van der Waals surface area contributed by atoms with Gasteiger partial charge in [-0.1, -0.05) is 12.1 Å². The Hall–Kier alpha value is -2.18. The molecule has 7 nitrogen and oxygen atoms in total. The van der Waals surface area contributed by atoms with Gasteiger partial charge >= 0.3 is 0 Å². The summed E-state index contributed by atoms with van der Waals surface area (Å²) in [6.45, 7) is 3.92. The second-order valence-electron chi connectivity index (χ2n) is 4.34. The van der Waals surface area contributed by atoms with E-state index in [1.807, 2.05) is 6.92 Å². The van der Waals surface area contributed by atoms with Crippen LogP contribution in [0.2, 0.25) is 0 Å². The summed E-state index contributed by atoms with van der Waals surface area (Å²) < 4.78 is 5.06. The minimum absolute atomic E-state index is 0.123. The van der Waals surface area contributed by atoms with Crippen molar-refractivity contribution in [3.63, 3.8) is 0 Å². The molecule has 0 aromatic carbocycles. The number of hydrogen-bond acceptors (Lipinski definition) is 5. The first-order chi connectivity index (χ1) is 9.17. The van der Waals surface area contributed by atoms with Gasteiger partial charge in [-0.2, -0.15) is 10.1 Å². The standard InChI is InChI=1S/C12H17N5O2/c1-3-4-9-14-12(19-17-9)6-5-11(18)13-10-7-8(2)15-16-10/h7H,3-6H2,1-2H3,(H2,13,15,16,18). The van der Waals surface area contributed by atoms with Gasteiger partial charge in [0.2, 0.25) is 11.8 Å². The zero-order valence-electron chi connectivity index (χ0n) is 11.1. The van der Waals surface area contributed by atoms with Gasteiger partial charge in [-0.15, -0.1) is 0 Å². The number of amides is 1. The minimum Gasteiger partial charge on any atom is -0.339 e. The van der Waals surface area contributed by atoms with Crippen molar-refractivity contribution in [1.82, 2.24) is 20.3 Å². The van der Waals surface area contributed by atoms with Gasteiger partial charge in [-0.25, -0.2) is 0 Å². The third kappa shape index (κ3) is 3.90. The first kappa shape index (κ1) is 13.3. The van der Waals surface area contributed by atoms with Crippen LogP contribution in [0.1, 0.15) is 37.2 Å². The number of rotatable bonds is 6. The molecule has 102 valence electrons. The van der Waals surface area contributed by atoms with Gasteiger partial charge in [0.25, 0.3) is 0 Å². The highest BCUT2D eigenvalue weighted by atomic mass is 16.5. The molecule has 0 spiro atoms. The van der Waals surface area contributed by atoms with Gasteiger partial charge in [-0.3, -0.25) is 9.89 Å². The molecule has 1 amide bonds. The highest BCUT2D eigenvalue weighted by molar-refractivity contribution is 5.89. The summed E-state index contributed by atoms with van der Waals surface area (Å²) in [4.78, 5) is 15.9. The third-order valence-electron chi connectivity index (χ3n) is 2.52. The summed E-state index contributed by atoms with van der Waals surface area (Å²) in [5.41, 5.74) is 0.899. The average Bonchev–Trinajstić information content (AvgIpc) is 2.97. The highest BCUT2D eigenvalue weighted by Crippen LogP contribution is 2.06. The van der Waals surface area contributed by atoms with Crippen LogP contribution in [0.15, 0.2) is 10.6 Å². The topological polar surface area (TPSA) is 96.7 Å². The van der Waals surface area contributed by atoms with Crippen molar-refractivity contribution in [3.8, 4) is 0 Å². The van der Waals surface area contributed by atoms with Crippen LogP contribution in [-0.4, -0.2) is 26.2 Å². The van der Waals surface area contributed by atoms with Gasteiger partial charge in [0.05, 0.1) is 0 Å². The fourth-order valence-electron chi connectivity index (χ4n) is 1.62. The third-order valence-corrected chi connectivity index (χ3v) is 2.52. The number of H-pyrrole nitrogens is 1. The number of nitrogens with one attached hydrogen (secondary N) is 2. The van der Waals surface area contributed by atoms with Crippen molar-refractivity contribution in [1.29, 1.82) is 0 Å². The smallest absolute Gasteiger partial charge is 0.227 e. The lowest BCUT2D eigenvalue weighted by atomic mass is 10.3. The Morgan fingerprint density at radius 2 is 2.32 bits per heavy atom. The molecule has 0 saturated heterocycles. The van der Waals surface area contributed by atoms with E-state index in [1.54, 1.807) is 6.07 Å². The van der Waals surface area contributed by atoms with Crippen molar-refractivity contribution in [2.24, 2.45) is 0 Å². The molecule has 2 N–H and O–H groups in total. The fraction of sp³-hybridized carbons (Fsp3) is 0.500. The molecule has 0 aliphatic carbocycles. The molecule has 0 aliphatic heterocycles. The Balaban J connectivity index is 1.79. The Labute approximate surface area is 110 Å². The van der Waals surface area contributed by atoms with E-state index in [0.717, 1.165) is 18.5 Å². The molecular formula is C12H17N5O2. The molecule has 2 aromatic rings. The molecule has 0 radical (unpaired) electrons. The summed E-state index contributed by atoms with van der Waals surface area (Å²) in [7, 11) is 0. The van der Waals surface area contributed by atoms with Crippen molar-refractivity contribution < 1.29 is 9.32 Å². The lowest BCUT2D eigenvalue weighted by molar-refractivity contribution is -0.116. The van der Waals surface area contributed by atoms with Crippen molar-refractivity contribution >= 4 is 11.7 Å². The van der Waals surface area contributed by atoms with E-state index in [4.69, 9.17) is 4.52 Å². The summed E-state index contributed by atoms with van der Waals surface area (Å²) in [5, 5.41) is 13.2. The van der Waals surface area contributed by atoms with Gasteiger partial charge in [0, 0.05) is 31.0 Å². The fourth-order valence-corrected chi connectivity index (χ4v) is 1.62. The number of anilines is 1. The van der Waals surface area contributed by atoms with E-state index in [2.05, 4.69) is 32.6 Å². The lowest BCUT2D eigenvalue weighted by Gasteiger charge is -1.98. The molecule has 0 aliphatic rings. The second-order valence-corrected chi connectivity index (χ2v) is 4.34. The number of carbonyl (C=O) groups excluding carboxylic acids is 1. The molecule has 2 rings (SSSR count). The quantitative estimate of drug-likeness (QED) is 0.825. The number of hydrogen-bond donors (Lipinski definition) is 2. The van der Waals surface area contributed by atoms with Gasteiger partial charge < -0.3 is 9.84 Å². The number of aromatic amines is 1.